The lowest BCUT2D eigenvalue weighted by molar-refractivity contribution is -0.147. The molecule has 4 amide bonds. The van der Waals surface area contributed by atoms with Crippen molar-refractivity contribution in [2.75, 3.05) is 20.1 Å². The Bertz CT molecular complexity index is 350. The van der Waals surface area contributed by atoms with Gasteiger partial charge in [-0.25, -0.2) is 4.79 Å². The summed E-state index contributed by atoms with van der Waals surface area (Å²) in [6.07, 6.45) is 2.75. The Morgan fingerprint density at radius 3 is 2.59 bits per heavy atom. The molecule has 0 aromatic heterocycles. The van der Waals surface area contributed by atoms with E-state index in [0.29, 0.717) is 12.8 Å². The molecule has 2 saturated heterocycles. The molecule has 2 aliphatic rings. The molecule has 0 saturated carbocycles. The van der Waals surface area contributed by atoms with Gasteiger partial charge in [0.05, 0.1) is 0 Å². The molecular formula is C11H17N3O3. The van der Waals surface area contributed by atoms with E-state index in [1.165, 1.54) is 7.05 Å². The van der Waals surface area contributed by atoms with E-state index in [2.05, 4.69) is 5.32 Å². The van der Waals surface area contributed by atoms with Crippen LogP contribution in [0.15, 0.2) is 0 Å². The van der Waals surface area contributed by atoms with Gasteiger partial charge in [-0.1, -0.05) is 0 Å². The van der Waals surface area contributed by atoms with Crippen LogP contribution >= 0.6 is 0 Å². The van der Waals surface area contributed by atoms with Crippen LogP contribution in [0, 0.1) is 0 Å². The SMILES string of the molecule is CN1C(=O)CCC(NC(=O)N2CCCC2)C1=O. The van der Waals surface area contributed by atoms with Crippen LogP contribution in [-0.4, -0.2) is 53.8 Å². The Kier molecular flexibility index (Phi) is 3.31. The van der Waals surface area contributed by atoms with E-state index in [1.807, 2.05) is 0 Å². The standard InChI is InChI=1S/C11H17N3O3/c1-13-9(15)5-4-8(10(13)16)12-11(17)14-6-2-3-7-14/h8H,2-7H2,1H3,(H,12,17). The monoisotopic (exact) mass is 239 g/mol. The molecule has 1 unspecified atom stereocenters. The molecule has 2 fully saturated rings. The molecule has 0 aromatic rings. The summed E-state index contributed by atoms with van der Waals surface area (Å²) in [5.74, 6) is -0.490. The van der Waals surface area contributed by atoms with E-state index >= 15 is 0 Å². The van der Waals surface area contributed by atoms with Crippen LogP contribution in [-0.2, 0) is 9.59 Å². The van der Waals surface area contributed by atoms with E-state index in [4.69, 9.17) is 0 Å². The molecule has 0 radical (unpaired) electrons. The third-order valence-electron chi connectivity index (χ3n) is 3.34. The number of nitrogens with one attached hydrogen (secondary N) is 1. The Labute approximate surface area is 99.9 Å². The highest BCUT2D eigenvalue weighted by Gasteiger charge is 2.33. The van der Waals surface area contributed by atoms with Gasteiger partial charge in [0, 0.05) is 26.6 Å². The first kappa shape index (κ1) is 11.9. The van der Waals surface area contributed by atoms with Crippen LogP contribution in [0.3, 0.4) is 0 Å². The Morgan fingerprint density at radius 1 is 1.29 bits per heavy atom. The van der Waals surface area contributed by atoms with E-state index in [-0.39, 0.29) is 17.8 Å². The highest BCUT2D eigenvalue weighted by atomic mass is 16.2. The molecule has 2 rings (SSSR count). The lowest BCUT2D eigenvalue weighted by Gasteiger charge is -2.29. The van der Waals surface area contributed by atoms with Gasteiger partial charge < -0.3 is 10.2 Å². The highest BCUT2D eigenvalue weighted by molar-refractivity contribution is 6.01. The van der Waals surface area contributed by atoms with Gasteiger partial charge in [-0.15, -0.1) is 0 Å². The number of carbonyl (C=O) groups is 3. The summed E-state index contributed by atoms with van der Waals surface area (Å²) < 4.78 is 0. The molecular weight excluding hydrogens is 222 g/mol. The summed E-state index contributed by atoms with van der Waals surface area (Å²) in [7, 11) is 1.46. The second-order valence-corrected chi connectivity index (χ2v) is 4.53. The summed E-state index contributed by atoms with van der Waals surface area (Å²) in [4.78, 5) is 37.6. The van der Waals surface area contributed by atoms with Gasteiger partial charge >= 0.3 is 6.03 Å². The zero-order valence-electron chi connectivity index (χ0n) is 9.94. The Balaban J connectivity index is 1.92. The lowest BCUT2D eigenvalue weighted by atomic mass is 10.1. The smallest absolute Gasteiger partial charge is 0.318 e. The highest BCUT2D eigenvalue weighted by Crippen LogP contribution is 2.13. The maximum atomic E-state index is 11.8. The predicted molar refractivity (Wildman–Crippen MR) is 60.1 cm³/mol. The Hall–Kier alpha value is -1.59. The number of rotatable bonds is 1. The van der Waals surface area contributed by atoms with Crippen molar-refractivity contribution in [3.8, 4) is 0 Å². The Morgan fingerprint density at radius 2 is 1.94 bits per heavy atom. The molecule has 6 nitrogen and oxygen atoms in total. The van der Waals surface area contributed by atoms with Gasteiger partial charge in [-0.05, 0) is 19.3 Å². The minimum Gasteiger partial charge on any atom is -0.326 e. The van der Waals surface area contributed by atoms with Crippen LogP contribution in [0.4, 0.5) is 4.79 Å². The third kappa shape index (κ3) is 2.40. The molecule has 17 heavy (non-hydrogen) atoms. The molecule has 2 heterocycles. The molecule has 1 N–H and O–H groups in total. The second kappa shape index (κ2) is 4.73. The molecule has 6 heteroatoms. The lowest BCUT2D eigenvalue weighted by Crippen LogP contribution is -2.55. The summed E-state index contributed by atoms with van der Waals surface area (Å²) in [5, 5.41) is 2.71. The fraction of sp³-hybridized carbons (Fsp3) is 0.727. The third-order valence-corrected chi connectivity index (χ3v) is 3.34. The van der Waals surface area contributed by atoms with E-state index < -0.39 is 6.04 Å². The molecule has 1 atom stereocenters. The van der Waals surface area contributed by atoms with Gasteiger partial charge in [0.2, 0.25) is 5.91 Å². The number of nitrogens with zero attached hydrogens (tertiary/aromatic N) is 2. The van der Waals surface area contributed by atoms with E-state index in [9.17, 15) is 14.4 Å². The van der Waals surface area contributed by atoms with Crippen molar-refractivity contribution < 1.29 is 14.4 Å². The minimum atomic E-state index is -0.550. The number of hydrogen-bond donors (Lipinski definition) is 1. The van der Waals surface area contributed by atoms with Crippen molar-refractivity contribution in [1.29, 1.82) is 0 Å². The first-order valence-corrected chi connectivity index (χ1v) is 5.95. The van der Waals surface area contributed by atoms with Gasteiger partial charge in [-0.2, -0.15) is 0 Å². The molecule has 0 bridgehead atoms. The van der Waals surface area contributed by atoms with Crippen molar-refractivity contribution >= 4 is 17.8 Å². The summed E-state index contributed by atoms with van der Waals surface area (Å²) in [5.41, 5.74) is 0. The normalized spacial score (nSPS) is 25.4. The molecule has 0 spiro atoms. The summed E-state index contributed by atoms with van der Waals surface area (Å²) in [6, 6.07) is -0.741. The van der Waals surface area contributed by atoms with Crippen LogP contribution in [0.25, 0.3) is 0 Å². The topological polar surface area (TPSA) is 69.7 Å². The average molecular weight is 239 g/mol. The number of piperidine rings is 1. The fourth-order valence-electron chi connectivity index (χ4n) is 2.21. The number of urea groups is 1. The first-order chi connectivity index (χ1) is 8.09. The van der Waals surface area contributed by atoms with Gasteiger partial charge in [0.1, 0.15) is 6.04 Å². The fourth-order valence-corrected chi connectivity index (χ4v) is 2.21. The molecule has 94 valence electrons. The van der Waals surface area contributed by atoms with Crippen LogP contribution in [0.2, 0.25) is 0 Å². The van der Waals surface area contributed by atoms with Gasteiger partial charge in [0.15, 0.2) is 0 Å². The zero-order valence-corrected chi connectivity index (χ0v) is 9.94. The average Bonchev–Trinajstić information content (AvgIpc) is 2.83. The van der Waals surface area contributed by atoms with Crippen LogP contribution in [0.5, 0.6) is 0 Å². The second-order valence-electron chi connectivity index (χ2n) is 4.53. The van der Waals surface area contributed by atoms with Crippen molar-refractivity contribution in [2.24, 2.45) is 0 Å². The number of amides is 4. The van der Waals surface area contributed by atoms with Crippen molar-refractivity contribution in [3.63, 3.8) is 0 Å². The first-order valence-electron chi connectivity index (χ1n) is 5.95. The summed E-state index contributed by atoms with van der Waals surface area (Å²) in [6.45, 7) is 1.50. The van der Waals surface area contributed by atoms with Crippen molar-refractivity contribution in [2.45, 2.75) is 31.7 Å². The molecule has 0 aliphatic carbocycles. The van der Waals surface area contributed by atoms with E-state index in [1.54, 1.807) is 4.90 Å². The number of likely N-dealkylation sites (tertiary alicyclic amines) is 2. The maximum absolute atomic E-state index is 11.8. The predicted octanol–water partition coefficient (Wildman–Crippen LogP) is -0.0608. The van der Waals surface area contributed by atoms with Crippen molar-refractivity contribution in [1.82, 2.24) is 15.1 Å². The van der Waals surface area contributed by atoms with Crippen molar-refractivity contribution in [3.05, 3.63) is 0 Å². The number of hydrogen-bond acceptors (Lipinski definition) is 3. The van der Waals surface area contributed by atoms with Crippen LogP contribution < -0.4 is 5.32 Å². The van der Waals surface area contributed by atoms with E-state index in [0.717, 1.165) is 30.8 Å². The quantitative estimate of drug-likeness (QED) is 0.652. The maximum Gasteiger partial charge on any atom is 0.318 e. The van der Waals surface area contributed by atoms with Gasteiger partial charge in [0.25, 0.3) is 5.91 Å². The zero-order chi connectivity index (χ0) is 12.4. The number of likely N-dealkylation sites (N-methyl/N-ethyl adjacent to an activating group) is 1. The molecule has 0 aromatic carbocycles. The largest absolute Gasteiger partial charge is 0.326 e. The van der Waals surface area contributed by atoms with Crippen LogP contribution in [0.1, 0.15) is 25.7 Å². The number of carbonyl (C=O) groups excluding carboxylic acids is 3. The minimum absolute atomic E-state index is 0.179. The number of imide groups is 1. The summed E-state index contributed by atoms with van der Waals surface area (Å²) >= 11 is 0. The van der Waals surface area contributed by atoms with Gasteiger partial charge in [-0.3, -0.25) is 14.5 Å². The molecule has 2 aliphatic heterocycles.